The van der Waals surface area contributed by atoms with E-state index in [1.165, 1.54) is 12.1 Å². The Morgan fingerprint density at radius 1 is 1.35 bits per heavy atom. The molecule has 0 saturated carbocycles. The average Bonchev–Trinajstić information content (AvgIpc) is 3.04. The number of nitrogens with zero attached hydrogens (tertiary/aromatic N) is 2. The molecule has 0 spiro atoms. The van der Waals surface area contributed by atoms with E-state index >= 15 is 0 Å². The van der Waals surface area contributed by atoms with Crippen LogP contribution in [0.25, 0.3) is 15.1 Å². The topological polar surface area (TPSA) is 72.7 Å². The van der Waals surface area contributed by atoms with Crippen LogP contribution in [0, 0.1) is 12.4 Å². The van der Waals surface area contributed by atoms with Crippen LogP contribution in [0.4, 0.5) is 24.0 Å². The third-order valence-corrected chi connectivity index (χ3v) is 4.94. The summed E-state index contributed by atoms with van der Waals surface area (Å²) in [6.07, 6.45) is -2.77. The van der Waals surface area contributed by atoms with E-state index in [0.29, 0.717) is 4.70 Å². The van der Waals surface area contributed by atoms with Gasteiger partial charge in [0.05, 0.1) is 16.8 Å². The van der Waals surface area contributed by atoms with Crippen LogP contribution in [0.5, 0.6) is 11.5 Å². The summed E-state index contributed by atoms with van der Waals surface area (Å²) in [6.45, 7) is 6.98. The van der Waals surface area contributed by atoms with Gasteiger partial charge < -0.3 is 15.6 Å². The van der Waals surface area contributed by atoms with Gasteiger partial charge in [0, 0.05) is 29.7 Å². The number of benzene rings is 2. The fourth-order valence-electron chi connectivity index (χ4n) is 3.03. The molecule has 0 bridgehead atoms. The molecule has 0 fully saturated rings. The van der Waals surface area contributed by atoms with E-state index in [9.17, 15) is 18.3 Å². The van der Waals surface area contributed by atoms with Gasteiger partial charge in [0.2, 0.25) is 0 Å². The van der Waals surface area contributed by atoms with E-state index < -0.39 is 24.3 Å². The van der Waals surface area contributed by atoms with Crippen molar-refractivity contribution in [2.24, 2.45) is 0 Å². The third kappa shape index (κ3) is 2.55. The number of halogens is 3. The summed E-state index contributed by atoms with van der Waals surface area (Å²) in [5, 5.41) is 10.2. The number of hydrogen-bond donors (Lipinski definition) is 2. The molecule has 1 atom stereocenters. The molecule has 1 aliphatic rings. The molecule has 1 unspecified atom stereocenters. The Morgan fingerprint density at radius 2 is 2.12 bits per heavy atom. The molecule has 1 aliphatic carbocycles. The van der Waals surface area contributed by atoms with E-state index in [-0.39, 0.29) is 39.0 Å². The van der Waals surface area contributed by atoms with Crippen LogP contribution in [0.2, 0.25) is 0 Å². The lowest BCUT2D eigenvalue weighted by Crippen LogP contribution is -2.21. The lowest BCUT2D eigenvalue weighted by Gasteiger charge is -2.13. The van der Waals surface area contributed by atoms with Gasteiger partial charge in [-0.25, -0.2) is 23.0 Å². The van der Waals surface area contributed by atoms with E-state index in [1.54, 1.807) is 0 Å². The van der Waals surface area contributed by atoms with E-state index in [1.807, 2.05) is 0 Å². The van der Waals surface area contributed by atoms with Crippen molar-refractivity contribution in [2.45, 2.75) is 18.4 Å². The standard InChI is InChI=1S/C17H10F3N3O2S/c1-22-8-2-7(18)3-9(4-8)25-11-5-12-14(23-16(21)26-12)13-10(11)6-17(19,20)15(13)24/h2-5,15,24H,6H2,(H2,21,23). The first-order valence-corrected chi connectivity index (χ1v) is 8.24. The maximum atomic E-state index is 14.1. The molecule has 3 N–H and O–H groups in total. The van der Waals surface area contributed by atoms with Crippen molar-refractivity contribution < 1.29 is 23.0 Å². The number of aromatic nitrogens is 1. The van der Waals surface area contributed by atoms with E-state index in [0.717, 1.165) is 23.5 Å². The summed E-state index contributed by atoms with van der Waals surface area (Å²) in [4.78, 5) is 7.18. The molecule has 0 radical (unpaired) electrons. The van der Waals surface area contributed by atoms with Gasteiger partial charge in [-0.2, -0.15) is 0 Å². The quantitative estimate of drug-likeness (QED) is 0.641. The highest BCUT2D eigenvalue weighted by molar-refractivity contribution is 7.22. The molecule has 132 valence electrons. The molecule has 0 amide bonds. The van der Waals surface area contributed by atoms with Crippen LogP contribution in [0.3, 0.4) is 0 Å². The Morgan fingerprint density at radius 3 is 2.85 bits per heavy atom. The number of hydrogen-bond acceptors (Lipinski definition) is 5. The summed E-state index contributed by atoms with van der Waals surface area (Å²) < 4.78 is 47.9. The average molecular weight is 377 g/mol. The van der Waals surface area contributed by atoms with Gasteiger partial charge in [-0.3, -0.25) is 0 Å². The fourth-order valence-corrected chi connectivity index (χ4v) is 3.81. The van der Waals surface area contributed by atoms with Gasteiger partial charge in [0.15, 0.2) is 10.8 Å². The monoisotopic (exact) mass is 377 g/mol. The number of aliphatic hydroxyl groups is 1. The van der Waals surface area contributed by atoms with E-state index in [2.05, 4.69) is 9.83 Å². The largest absolute Gasteiger partial charge is 0.458 e. The molecular formula is C17H10F3N3O2S. The fraction of sp³-hybridized carbons (Fsp3) is 0.176. The molecule has 4 rings (SSSR count). The minimum atomic E-state index is -3.38. The van der Waals surface area contributed by atoms with Crippen molar-refractivity contribution in [3.05, 3.63) is 52.6 Å². The number of ether oxygens (including phenoxy) is 1. The molecule has 5 nitrogen and oxygen atoms in total. The zero-order chi connectivity index (χ0) is 18.6. The second-order valence-electron chi connectivity index (χ2n) is 5.87. The Kier molecular flexibility index (Phi) is 3.57. The van der Waals surface area contributed by atoms with Crippen LogP contribution >= 0.6 is 11.3 Å². The summed E-state index contributed by atoms with van der Waals surface area (Å²) in [5.41, 5.74) is 5.96. The Balaban J connectivity index is 1.90. The van der Waals surface area contributed by atoms with E-state index in [4.69, 9.17) is 17.0 Å². The Labute approximate surface area is 149 Å². The van der Waals surface area contributed by atoms with Crippen LogP contribution in [0.15, 0.2) is 24.3 Å². The smallest absolute Gasteiger partial charge is 0.281 e. The van der Waals surface area contributed by atoms with Crippen LogP contribution in [-0.2, 0) is 6.42 Å². The number of thiazole rings is 1. The molecule has 0 aliphatic heterocycles. The zero-order valence-corrected chi connectivity index (χ0v) is 13.8. The minimum absolute atomic E-state index is 0.000238. The Bertz CT molecular complexity index is 1090. The van der Waals surface area contributed by atoms with Gasteiger partial charge in [-0.05, 0) is 12.1 Å². The molecule has 3 aromatic rings. The van der Waals surface area contributed by atoms with Crippen molar-refractivity contribution in [1.82, 2.24) is 4.98 Å². The van der Waals surface area contributed by atoms with Crippen LogP contribution in [-0.4, -0.2) is 16.0 Å². The zero-order valence-electron chi connectivity index (χ0n) is 13.0. The predicted molar refractivity (Wildman–Crippen MR) is 90.4 cm³/mol. The lowest BCUT2D eigenvalue weighted by atomic mass is 10.1. The first kappa shape index (κ1) is 16.6. The summed E-state index contributed by atoms with van der Waals surface area (Å²) >= 11 is 1.06. The Hall–Kier alpha value is -2.83. The maximum absolute atomic E-state index is 14.1. The highest BCUT2D eigenvalue weighted by Crippen LogP contribution is 2.51. The van der Waals surface area contributed by atoms with Crippen molar-refractivity contribution in [3.8, 4) is 11.5 Å². The number of fused-ring (bicyclic) bond motifs is 3. The minimum Gasteiger partial charge on any atom is -0.458 e. The van der Waals surface area contributed by atoms with Crippen molar-refractivity contribution >= 4 is 32.4 Å². The number of anilines is 1. The predicted octanol–water partition coefficient (Wildman–Crippen LogP) is 4.59. The highest BCUT2D eigenvalue weighted by Gasteiger charge is 2.49. The number of rotatable bonds is 2. The number of alkyl halides is 2. The lowest BCUT2D eigenvalue weighted by molar-refractivity contribution is -0.0964. The summed E-state index contributed by atoms with van der Waals surface area (Å²) in [6, 6.07) is 4.88. The second kappa shape index (κ2) is 5.59. The number of aliphatic hydroxyl groups excluding tert-OH is 1. The highest BCUT2D eigenvalue weighted by atomic mass is 32.1. The van der Waals surface area contributed by atoms with Crippen molar-refractivity contribution in [1.29, 1.82) is 0 Å². The summed E-state index contributed by atoms with van der Waals surface area (Å²) in [5.74, 6) is -4.01. The van der Waals surface area contributed by atoms with Gasteiger partial charge in [-0.15, -0.1) is 0 Å². The SMILES string of the molecule is [C-]#[N+]c1cc(F)cc(Oc2cc3sc(N)nc3c3c2CC(F)(F)C3O)c1. The van der Waals surface area contributed by atoms with Crippen molar-refractivity contribution in [2.75, 3.05) is 5.73 Å². The summed E-state index contributed by atoms with van der Waals surface area (Å²) in [7, 11) is 0. The number of nitrogen functional groups attached to an aromatic ring is 1. The molecule has 2 aromatic carbocycles. The molecule has 9 heteroatoms. The number of nitrogens with two attached hydrogens (primary N) is 1. The normalized spacial score (nSPS) is 17.9. The third-order valence-electron chi connectivity index (χ3n) is 4.11. The van der Waals surface area contributed by atoms with Crippen LogP contribution < -0.4 is 10.5 Å². The van der Waals surface area contributed by atoms with Gasteiger partial charge in [-0.1, -0.05) is 11.3 Å². The maximum Gasteiger partial charge on any atom is 0.281 e. The molecule has 1 aromatic heterocycles. The van der Waals surface area contributed by atoms with Gasteiger partial charge >= 0.3 is 0 Å². The molecule has 1 heterocycles. The molecule has 0 saturated heterocycles. The van der Waals surface area contributed by atoms with Gasteiger partial charge in [0.1, 0.15) is 23.4 Å². The molecular weight excluding hydrogens is 367 g/mol. The van der Waals surface area contributed by atoms with Crippen LogP contribution in [0.1, 0.15) is 17.2 Å². The second-order valence-corrected chi connectivity index (χ2v) is 6.93. The molecule has 26 heavy (non-hydrogen) atoms. The van der Waals surface area contributed by atoms with Crippen molar-refractivity contribution in [3.63, 3.8) is 0 Å². The first-order chi connectivity index (χ1) is 12.3. The van der Waals surface area contributed by atoms with Gasteiger partial charge in [0.25, 0.3) is 5.92 Å². The first-order valence-electron chi connectivity index (χ1n) is 7.42.